The highest BCUT2D eigenvalue weighted by Gasteiger charge is 2.28. The van der Waals surface area contributed by atoms with Crippen LogP contribution < -0.4 is 5.32 Å². The smallest absolute Gasteiger partial charge is 0.222 e. The molecule has 3 N–H and O–H groups in total. The Hall–Kier alpha value is -3.00. The molecule has 3 aromatic rings. The van der Waals surface area contributed by atoms with E-state index >= 15 is 0 Å². The van der Waals surface area contributed by atoms with Gasteiger partial charge in [-0.15, -0.1) is 0 Å². The summed E-state index contributed by atoms with van der Waals surface area (Å²) in [4.78, 5) is 30.4. The Morgan fingerprint density at radius 1 is 1.34 bits per heavy atom. The molecule has 2 atom stereocenters. The van der Waals surface area contributed by atoms with E-state index < -0.39 is 0 Å². The van der Waals surface area contributed by atoms with Crippen LogP contribution in [-0.2, 0) is 11.4 Å². The van der Waals surface area contributed by atoms with Crippen molar-refractivity contribution in [1.82, 2.24) is 24.8 Å². The first-order valence-corrected chi connectivity index (χ1v) is 10.0. The molecule has 29 heavy (non-hydrogen) atoms. The van der Waals surface area contributed by atoms with Gasteiger partial charge in [0.25, 0.3) is 0 Å². The zero-order valence-corrected chi connectivity index (χ0v) is 16.7. The van der Waals surface area contributed by atoms with Gasteiger partial charge in [-0.05, 0) is 24.5 Å². The number of aliphatic hydroxyl groups excluding tert-OH is 1. The van der Waals surface area contributed by atoms with Crippen molar-refractivity contribution in [3.63, 3.8) is 0 Å². The van der Waals surface area contributed by atoms with Crippen molar-refractivity contribution in [2.75, 3.05) is 18.4 Å². The Labute approximate surface area is 169 Å². The van der Waals surface area contributed by atoms with Crippen LogP contribution in [-0.4, -0.2) is 55.0 Å². The fraction of sp³-hybridized carbons (Fsp3) is 0.429. The summed E-state index contributed by atoms with van der Waals surface area (Å²) in [5.74, 6) is 0.978. The Kier molecular flexibility index (Phi) is 5.44. The molecular weight excluding hydrogens is 368 g/mol. The summed E-state index contributed by atoms with van der Waals surface area (Å²) in [5, 5.41) is 14.1. The van der Waals surface area contributed by atoms with Crippen molar-refractivity contribution in [2.45, 2.75) is 39.3 Å². The lowest BCUT2D eigenvalue weighted by atomic mass is 9.95. The predicted octanol–water partition coefficient (Wildman–Crippen LogP) is 2.57. The predicted molar refractivity (Wildman–Crippen MR) is 111 cm³/mol. The highest BCUT2D eigenvalue weighted by Crippen LogP contribution is 2.34. The lowest BCUT2D eigenvalue weighted by Crippen LogP contribution is -2.48. The number of amides is 1. The maximum Gasteiger partial charge on any atom is 0.222 e. The normalized spacial score (nSPS) is 19.5. The average Bonchev–Trinajstić information content (AvgIpc) is 3.22. The van der Waals surface area contributed by atoms with E-state index in [9.17, 15) is 9.90 Å². The number of anilines is 1. The van der Waals surface area contributed by atoms with Crippen LogP contribution in [0, 0.1) is 5.92 Å². The number of H-pyrrole nitrogens is 1. The van der Waals surface area contributed by atoms with Gasteiger partial charge in [0.2, 0.25) is 5.91 Å². The van der Waals surface area contributed by atoms with Crippen LogP contribution in [0.2, 0.25) is 0 Å². The van der Waals surface area contributed by atoms with E-state index in [-0.39, 0.29) is 18.6 Å². The molecule has 3 aromatic heterocycles. The number of carbonyl (C=O) groups is 1. The second-order valence-electron chi connectivity index (χ2n) is 7.64. The van der Waals surface area contributed by atoms with E-state index in [4.69, 9.17) is 0 Å². The van der Waals surface area contributed by atoms with E-state index in [2.05, 4.69) is 32.2 Å². The van der Waals surface area contributed by atoms with Crippen molar-refractivity contribution < 1.29 is 9.90 Å². The summed E-state index contributed by atoms with van der Waals surface area (Å²) in [6, 6.07) is 3.94. The minimum absolute atomic E-state index is 0.132. The Morgan fingerprint density at radius 2 is 2.21 bits per heavy atom. The van der Waals surface area contributed by atoms with Crippen molar-refractivity contribution in [2.24, 2.45) is 5.92 Å². The van der Waals surface area contributed by atoms with Crippen LogP contribution >= 0.6 is 0 Å². The van der Waals surface area contributed by atoms with Crippen LogP contribution in [0.3, 0.4) is 0 Å². The number of likely N-dealkylation sites (tertiary alicyclic amines) is 1. The number of rotatable bonds is 5. The molecule has 0 bridgehead atoms. The molecule has 0 spiro atoms. The van der Waals surface area contributed by atoms with Crippen molar-refractivity contribution >= 4 is 22.6 Å². The SMILES string of the molecule is CCC(=O)N1C[C@@H](C)C[C@@H](Nc2c(-c3ccnc(CO)n3)cnc3[nH]ccc23)C1. The number of carbonyl (C=O) groups excluding carboxylic acids is 1. The van der Waals surface area contributed by atoms with Crippen LogP contribution in [0.25, 0.3) is 22.3 Å². The van der Waals surface area contributed by atoms with Crippen molar-refractivity contribution in [1.29, 1.82) is 0 Å². The lowest BCUT2D eigenvalue weighted by molar-refractivity contribution is -0.132. The maximum absolute atomic E-state index is 12.3. The van der Waals surface area contributed by atoms with Crippen molar-refractivity contribution in [3.8, 4) is 11.3 Å². The highest BCUT2D eigenvalue weighted by atomic mass is 16.3. The first kappa shape index (κ1) is 19.3. The summed E-state index contributed by atoms with van der Waals surface area (Å²) in [7, 11) is 0. The molecule has 8 heteroatoms. The molecular formula is C21H26N6O2. The largest absolute Gasteiger partial charge is 0.388 e. The Morgan fingerprint density at radius 3 is 3.00 bits per heavy atom. The van der Waals surface area contributed by atoms with E-state index in [1.54, 1.807) is 12.4 Å². The van der Waals surface area contributed by atoms with Gasteiger partial charge in [-0.1, -0.05) is 13.8 Å². The van der Waals surface area contributed by atoms with Gasteiger partial charge in [0, 0.05) is 55.1 Å². The van der Waals surface area contributed by atoms with Gasteiger partial charge >= 0.3 is 0 Å². The third-order valence-corrected chi connectivity index (χ3v) is 5.37. The van der Waals surface area contributed by atoms with Crippen LogP contribution in [0.1, 0.15) is 32.5 Å². The summed E-state index contributed by atoms with van der Waals surface area (Å²) < 4.78 is 0. The molecule has 1 amide bonds. The third-order valence-electron chi connectivity index (χ3n) is 5.37. The zero-order chi connectivity index (χ0) is 20.4. The quantitative estimate of drug-likeness (QED) is 0.614. The minimum Gasteiger partial charge on any atom is -0.388 e. The first-order chi connectivity index (χ1) is 14.1. The second kappa shape index (κ2) is 8.16. The van der Waals surface area contributed by atoms with Crippen molar-refractivity contribution in [3.05, 3.63) is 36.5 Å². The van der Waals surface area contributed by atoms with E-state index in [1.807, 2.05) is 30.2 Å². The van der Waals surface area contributed by atoms with Crippen LogP contribution in [0.4, 0.5) is 5.69 Å². The Bertz CT molecular complexity index is 1020. The van der Waals surface area contributed by atoms with Gasteiger partial charge in [0.15, 0.2) is 5.82 Å². The molecule has 0 saturated carbocycles. The Balaban J connectivity index is 1.72. The number of aliphatic hydroxyl groups is 1. The number of nitrogens with one attached hydrogen (secondary N) is 2. The second-order valence-corrected chi connectivity index (χ2v) is 7.64. The van der Waals surface area contributed by atoms with Gasteiger partial charge in [-0.2, -0.15) is 0 Å². The van der Waals surface area contributed by atoms with Crippen LogP contribution in [0.15, 0.2) is 30.7 Å². The zero-order valence-electron chi connectivity index (χ0n) is 16.7. The first-order valence-electron chi connectivity index (χ1n) is 10.0. The molecule has 0 unspecified atom stereocenters. The molecule has 0 radical (unpaired) electrons. The number of hydrogen-bond acceptors (Lipinski definition) is 6. The highest BCUT2D eigenvalue weighted by molar-refractivity contribution is 5.97. The van der Waals surface area contributed by atoms with E-state index in [0.717, 1.165) is 35.2 Å². The monoisotopic (exact) mass is 394 g/mol. The number of nitrogens with zero attached hydrogens (tertiary/aromatic N) is 4. The number of hydrogen-bond donors (Lipinski definition) is 3. The fourth-order valence-corrected chi connectivity index (χ4v) is 4.07. The number of aromatic amines is 1. The number of aromatic nitrogens is 4. The van der Waals surface area contributed by atoms with Gasteiger partial charge in [0.05, 0.1) is 11.4 Å². The molecule has 1 fully saturated rings. The van der Waals surface area contributed by atoms with Gasteiger partial charge in [0.1, 0.15) is 12.3 Å². The summed E-state index contributed by atoms with van der Waals surface area (Å²) >= 11 is 0. The average molecular weight is 394 g/mol. The lowest BCUT2D eigenvalue weighted by Gasteiger charge is -2.37. The molecule has 4 rings (SSSR count). The molecule has 152 valence electrons. The van der Waals surface area contributed by atoms with Crippen LogP contribution in [0.5, 0.6) is 0 Å². The molecule has 1 aliphatic rings. The van der Waals surface area contributed by atoms with Gasteiger partial charge in [-0.25, -0.2) is 15.0 Å². The van der Waals surface area contributed by atoms with E-state index in [1.165, 1.54) is 0 Å². The molecule has 1 saturated heterocycles. The van der Waals surface area contributed by atoms with Gasteiger partial charge in [-0.3, -0.25) is 4.79 Å². The minimum atomic E-state index is -0.218. The standard InChI is InChI=1S/C21H26N6O2/c1-3-19(29)27-10-13(2)8-14(11-27)25-20-15-4-6-23-21(15)24-9-16(20)17-5-7-22-18(12-28)26-17/h4-7,9,13-14,28H,3,8,10-12H2,1-2H3,(H2,23,24,25)/t13-,14+/m0/s1. The topological polar surface area (TPSA) is 107 Å². The summed E-state index contributed by atoms with van der Waals surface area (Å²) in [6.07, 6.45) is 6.79. The van der Waals surface area contributed by atoms with E-state index in [0.29, 0.717) is 30.4 Å². The summed E-state index contributed by atoms with van der Waals surface area (Å²) in [6.45, 7) is 5.35. The summed E-state index contributed by atoms with van der Waals surface area (Å²) in [5.41, 5.74) is 3.27. The molecule has 4 heterocycles. The number of piperidine rings is 1. The number of pyridine rings is 1. The molecule has 0 aromatic carbocycles. The molecule has 0 aliphatic carbocycles. The third kappa shape index (κ3) is 3.93. The molecule has 1 aliphatic heterocycles. The van der Waals surface area contributed by atoms with Gasteiger partial charge < -0.3 is 20.3 Å². The fourth-order valence-electron chi connectivity index (χ4n) is 4.07. The molecule has 8 nitrogen and oxygen atoms in total. The maximum atomic E-state index is 12.3. The number of fused-ring (bicyclic) bond motifs is 1.